The van der Waals surface area contributed by atoms with E-state index >= 15 is 0 Å². The van der Waals surface area contributed by atoms with Crippen LogP contribution in [0.4, 0.5) is 0 Å². The van der Waals surface area contributed by atoms with Crippen LogP contribution in [0.25, 0.3) is 11.4 Å². The number of likely N-dealkylation sites (tertiary alicyclic amines) is 1. The van der Waals surface area contributed by atoms with Gasteiger partial charge in [0, 0.05) is 17.0 Å². The Morgan fingerprint density at radius 3 is 2.85 bits per heavy atom. The van der Waals surface area contributed by atoms with Crippen LogP contribution in [0.2, 0.25) is 0 Å². The molecule has 3 heterocycles. The van der Waals surface area contributed by atoms with Crippen LogP contribution in [0.5, 0.6) is 0 Å². The summed E-state index contributed by atoms with van der Waals surface area (Å²) in [6.45, 7) is 0.785. The van der Waals surface area contributed by atoms with E-state index in [9.17, 15) is 4.79 Å². The smallest absolute Gasteiger partial charge is 0.264 e. The van der Waals surface area contributed by atoms with Crippen molar-refractivity contribution in [3.63, 3.8) is 0 Å². The first-order valence-electron chi connectivity index (χ1n) is 9.70. The number of nitrogens with one attached hydrogen (secondary N) is 1. The van der Waals surface area contributed by atoms with E-state index in [1.807, 2.05) is 35.2 Å². The number of rotatable bonds is 3. The van der Waals surface area contributed by atoms with Crippen molar-refractivity contribution in [2.24, 2.45) is 0 Å². The molecule has 6 heteroatoms. The second-order valence-corrected chi connectivity index (χ2v) is 8.47. The average Bonchev–Trinajstić information content (AvgIpc) is 3.46. The maximum Gasteiger partial charge on any atom is 0.264 e. The molecule has 1 aliphatic heterocycles. The van der Waals surface area contributed by atoms with Gasteiger partial charge in [-0.2, -0.15) is 5.10 Å². The molecular formula is C21H22N4OS. The molecule has 5 nitrogen and oxygen atoms in total. The van der Waals surface area contributed by atoms with Crippen molar-refractivity contribution >= 4 is 17.2 Å². The highest BCUT2D eigenvalue weighted by Crippen LogP contribution is 2.35. The lowest BCUT2D eigenvalue weighted by atomic mass is 9.99. The summed E-state index contributed by atoms with van der Waals surface area (Å²) in [7, 11) is 0. The number of nitrogens with zero attached hydrogens (tertiary/aromatic N) is 3. The quantitative estimate of drug-likeness (QED) is 0.735. The molecule has 0 spiro atoms. The lowest BCUT2D eigenvalue weighted by Crippen LogP contribution is -2.30. The minimum Gasteiger partial charge on any atom is -0.328 e. The monoisotopic (exact) mass is 378 g/mol. The summed E-state index contributed by atoms with van der Waals surface area (Å²) in [5, 5.41) is 7.46. The molecule has 1 aromatic carbocycles. The normalized spacial score (nSPS) is 19.3. The van der Waals surface area contributed by atoms with Crippen LogP contribution < -0.4 is 0 Å². The van der Waals surface area contributed by atoms with Crippen LogP contribution in [0.1, 0.15) is 57.7 Å². The van der Waals surface area contributed by atoms with Gasteiger partial charge in [-0.3, -0.25) is 9.89 Å². The number of H-pyrrole nitrogens is 1. The zero-order valence-corrected chi connectivity index (χ0v) is 16.0. The number of carbonyl (C=O) groups excluding carboxylic acids is 1. The predicted molar refractivity (Wildman–Crippen MR) is 106 cm³/mol. The maximum absolute atomic E-state index is 13.2. The summed E-state index contributed by atoms with van der Waals surface area (Å²) in [5.41, 5.74) is 2.37. The van der Waals surface area contributed by atoms with Gasteiger partial charge in [-0.1, -0.05) is 30.3 Å². The van der Waals surface area contributed by atoms with Crippen LogP contribution in [0.3, 0.4) is 0 Å². The Balaban J connectivity index is 1.40. The lowest BCUT2D eigenvalue weighted by molar-refractivity contribution is 0.0735. The van der Waals surface area contributed by atoms with Crippen molar-refractivity contribution in [2.75, 3.05) is 6.54 Å². The first kappa shape index (κ1) is 16.7. The molecule has 138 valence electrons. The van der Waals surface area contributed by atoms with Crippen molar-refractivity contribution < 1.29 is 4.79 Å². The molecule has 3 aromatic rings. The number of fused-ring (bicyclic) bond motifs is 1. The zero-order valence-electron chi connectivity index (χ0n) is 15.1. The van der Waals surface area contributed by atoms with Gasteiger partial charge < -0.3 is 4.90 Å². The second kappa shape index (κ2) is 6.93. The standard InChI is InChI=1S/C21H22N4OS/c26-21(18-13-15-9-4-5-11-17(15)27-18)25-12-6-10-16(25)20-22-19(23-24-20)14-7-2-1-3-8-14/h1-3,7-8,13,16H,4-6,9-12H2,(H,22,23,24)/t16-/m1/s1. The summed E-state index contributed by atoms with van der Waals surface area (Å²) in [5.74, 6) is 1.63. The first-order chi connectivity index (χ1) is 13.3. The van der Waals surface area contributed by atoms with Gasteiger partial charge in [-0.05, 0) is 50.2 Å². The fraction of sp³-hybridized carbons (Fsp3) is 0.381. The number of aryl methyl sites for hydroxylation is 2. The van der Waals surface area contributed by atoms with Gasteiger partial charge in [0.05, 0.1) is 10.9 Å². The molecule has 2 aliphatic rings. The van der Waals surface area contributed by atoms with E-state index in [0.29, 0.717) is 5.82 Å². The van der Waals surface area contributed by atoms with E-state index in [2.05, 4.69) is 16.3 Å². The number of aromatic nitrogens is 3. The van der Waals surface area contributed by atoms with E-state index in [-0.39, 0.29) is 11.9 Å². The van der Waals surface area contributed by atoms with Gasteiger partial charge in [0.1, 0.15) is 5.82 Å². The van der Waals surface area contributed by atoms with Crippen molar-refractivity contribution in [1.29, 1.82) is 0 Å². The molecule has 0 bridgehead atoms. The first-order valence-corrected chi connectivity index (χ1v) is 10.5. The molecule has 1 N–H and O–H groups in total. The Labute approximate surface area is 162 Å². The third-order valence-corrected chi connectivity index (χ3v) is 6.80. The molecule has 27 heavy (non-hydrogen) atoms. The summed E-state index contributed by atoms with van der Waals surface area (Å²) >= 11 is 1.69. The molecule has 1 amide bonds. The molecule has 2 aromatic heterocycles. The summed E-state index contributed by atoms with van der Waals surface area (Å²) in [6, 6.07) is 12.1. The molecule has 1 aliphatic carbocycles. The topological polar surface area (TPSA) is 61.9 Å². The maximum atomic E-state index is 13.2. The highest BCUT2D eigenvalue weighted by molar-refractivity contribution is 7.14. The number of hydrogen-bond acceptors (Lipinski definition) is 4. The summed E-state index contributed by atoms with van der Waals surface area (Å²) in [6.07, 6.45) is 6.66. The molecule has 5 rings (SSSR count). The number of hydrogen-bond donors (Lipinski definition) is 1. The van der Waals surface area contributed by atoms with Gasteiger partial charge >= 0.3 is 0 Å². The Kier molecular flexibility index (Phi) is 4.28. The van der Waals surface area contributed by atoms with Gasteiger partial charge in [0.25, 0.3) is 5.91 Å². The van der Waals surface area contributed by atoms with Gasteiger partial charge in [-0.15, -0.1) is 11.3 Å². The molecule has 0 radical (unpaired) electrons. The Bertz CT molecular complexity index is 938. The number of amides is 1. The van der Waals surface area contributed by atoms with Crippen molar-refractivity contribution in [2.45, 2.75) is 44.6 Å². The SMILES string of the molecule is O=C(c1cc2c(s1)CCCC2)N1CCC[C@@H]1c1nc(-c2ccccc2)n[nH]1. The van der Waals surface area contributed by atoms with E-state index in [1.165, 1.54) is 23.3 Å². The van der Waals surface area contributed by atoms with Crippen LogP contribution in [-0.2, 0) is 12.8 Å². The molecule has 1 fully saturated rings. The fourth-order valence-corrected chi connectivity index (χ4v) is 5.38. The third kappa shape index (κ3) is 3.08. The summed E-state index contributed by atoms with van der Waals surface area (Å²) in [4.78, 5) is 22.2. The Morgan fingerprint density at radius 2 is 2.00 bits per heavy atom. The molecule has 1 saturated heterocycles. The highest BCUT2D eigenvalue weighted by atomic mass is 32.1. The number of aromatic amines is 1. The Hall–Kier alpha value is -2.47. The van der Waals surface area contributed by atoms with Crippen molar-refractivity contribution in [1.82, 2.24) is 20.1 Å². The van der Waals surface area contributed by atoms with Crippen LogP contribution >= 0.6 is 11.3 Å². The predicted octanol–water partition coefficient (Wildman–Crippen LogP) is 4.39. The molecule has 0 unspecified atom stereocenters. The zero-order chi connectivity index (χ0) is 18.2. The van der Waals surface area contributed by atoms with Gasteiger partial charge in [0.15, 0.2) is 5.82 Å². The minimum absolute atomic E-state index is 0.0124. The number of benzene rings is 1. The van der Waals surface area contributed by atoms with E-state index < -0.39 is 0 Å². The molecule has 1 atom stereocenters. The average molecular weight is 379 g/mol. The molecular weight excluding hydrogens is 356 g/mol. The largest absolute Gasteiger partial charge is 0.328 e. The summed E-state index contributed by atoms with van der Waals surface area (Å²) < 4.78 is 0. The Morgan fingerprint density at radius 1 is 1.15 bits per heavy atom. The van der Waals surface area contributed by atoms with Crippen LogP contribution in [0, 0.1) is 0 Å². The van der Waals surface area contributed by atoms with Gasteiger partial charge in [-0.25, -0.2) is 4.98 Å². The van der Waals surface area contributed by atoms with Crippen LogP contribution in [0.15, 0.2) is 36.4 Å². The van der Waals surface area contributed by atoms with E-state index in [1.54, 1.807) is 11.3 Å². The van der Waals surface area contributed by atoms with E-state index in [4.69, 9.17) is 4.98 Å². The minimum atomic E-state index is -0.0124. The highest BCUT2D eigenvalue weighted by Gasteiger charge is 2.34. The van der Waals surface area contributed by atoms with E-state index in [0.717, 1.165) is 48.5 Å². The number of carbonyl (C=O) groups is 1. The number of thiophene rings is 1. The van der Waals surface area contributed by atoms with Crippen molar-refractivity contribution in [3.8, 4) is 11.4 Å². The third-order valence-electron chi connectivity index (χ3n) is 5.57. The fourth-order valence-electron chi connectivity index (χ4n) is 4.17. The van der Waals surface area contributed by atoms with Crippen LogP contribution in [-0.4, -0.2) is 32.5 Å². The van der Waals surface area contributed by atoms with Gasteiger partial charge in [0.2, 0.25) is 0 Å². The second-order valence-electron chi connectivity index (χ2n) is 7.33. The lowest BCUT2D eigenvalue weighted by Gasteiger charge is -2.22. The molecule has 0 saturated carbocycles. The van der Waals surface area contributed by atoms with Crippen molar-refractivity contribution in [3.05, 3.63) is 57.5 Å².